The first-order valence-electron chi connectivity index (χ1n) is 5.91. The van der Waals surface area contributed by atoms with Gasteiger partial charge in [0, 0.05) is 0 Å². The molecule has 6 atom stereocenters. The predicted molar refractivity (Wildman–Crippen MR) is 65.8 cm³/mol. The van der Waals surface area contributed by atoms with E-state index in [-0.39, 0.29) is 6.61 Å². The molecule has 0 spiro atoms. The number of aliphatic hydroxyl groups is 3. The monoisotopic (exact) mass is 269 g/mol. The minimum atomic E-state index is -1.15. The highest BCUT2D eigenvalue weighted by atomic mass is 16.6. The van der Waals surface area contributed by atoms with Crippen molar-refractivity contribution in [2.75, 3.05) is 6.61 Å². The van der Waals surface area contributed by atoms with Crippen LogP contribution < -0.4 is 5.73 Å². The van der Waals surface area contributed by atoms with Gasteiger partial charge in [0.2, 0.25) is 0 Å². The number of aliphatic hydroxyl groups excluding tert-OH is 3. The third kappa shape index (κ3) is 1.82. The van der Waals surface area contributed by atoms with Gasteiger partial charge in [-0.1, -0.05) is 0 Å². The second-order valence-corrected chi connectivity index (χ2v) is 4.62. The van der Waals surface area contributed by atoms with Crippen LogP contribution in [0.25, 0.3) is 0 Å². The molecule has 3 unspecified atom stereocenters. The maximum absolute atomic E-state index is 9.97. The molecule has 3 aliphatic rings. The molecule has 0 aromatic carbocycles. The molecular weight excluding hydrogens is 254 g/mol. The largest absolute Gasteiger partial charge is 0.394 e. The maximum Gasteiger partial charge on any atom is 0.162 e. The molecule has 0 saturated carbocycles. The van der Waals surface area contributed by atoms with Crippen LogP contribution in [0.5, 0.6) is 0 Å². The summed E-state index contributed by atoms with van der Waals surface area (Å²) in [6.07, 6.45) is -1.60. The molecule has 0 amide bonds. The van der Waals surface area contributed by atoms with Crippen molar-refractivity contribution in [1.82, 2.24) is 4.90 Å². The Morgan fingerprint density at radius 2 is 2.11 bits per heavy atom. The summed E-state index contributed by atoms with van der Waals surface area (Å²) in [5.74, 6) is 0.338. The summed E-state index contributed by atoms with van der Waals surface area (Å²) in [5, 5.41) is 28.8. The van der Waals surface area contributed by atoms with Gasteiger partial charge >= 0.3 is 0 Å². The summed E-state index contributed by atoms with van der Waals surface area (Å²) in [4.78, 5) is 13.8. The fourth-order valence-electron chi connectivity index (χ4n) is 2.43. The van der Waals surface area contributed by atoms with Crippen molar-refractivity contribution in [1.29, 1.82) is 0 Å². The van der Waals surface area contributed by atoms with Crippen LogP contribution in [0.3, 0.4) is 0 Å². The molecule has 3 aliphatic heterocycles. The van der Waals surface area contributed by atoms with Gasteiger partial charge in [0.1, 0.15) is 36.5 Å². The highest BCUT2D eigenvalue weighted by Gasteiger charge is 2.49. The number of amidine groups is 1. The zero-order valence-electron chi connectivity index (χ0n) is 9.94. The van der Waals surface area contributed by atoms with Crippen molar-refractivity contribution < 1.29 is 20.1 Å². The van der Waals surface area contributed by atoms with E-state index in [0.29, 0.717) is 5.84 Å². The number of ether oxygens (including phenoxy) is 1. The minimum Gasteiger partial charge on any atom is -0.394 e. The molecule has 0 aromatic rings. The molecule has 5 N–H and O–H groups in total. The first kappa shape index (κ1) is 12.5. The Kier molecular flexibility index (Phi) is 2.97. The van der Waals surface area contributed by atoms with Crippen LogP contribution in [0.4, 0.5) is 0 Å². The van der Waals surface area contributed by atoms with Crippen molar-refractivity contribution in [2.24, 2.45) is 20.7 Å². The fraction of sp³-hybridized carbons (Fsp3) is 0.700. The van der Waals surface area contributed by atoms with Gasteiger partial charge in [0.15, 0.2) is 12.4 Å². The zero-order chi connectivity index (χ0) is 13.6. The lowest BCUT2D eigenvalue weighted by molar-refractivity contribution is -0.0778. The molecule has 9 nitrogen and oxygen atoms in total. The van der Waals surface area contributed by atoms with Crippen molar-refractivity contribution in [2.45, 2.75) is 36.7 Å². The Bertz CT molecular complexity index is 453. The molecule has 0 bridgehead atoms. The standard InChI is InChI=1S/C10H15N5O4/c11-8-5-9(13-2-12-8)15(3-14-5)10-7(18)6(17)4(1-16)19-10/h2-7,9-10,16-18H,1H2,(H2,11,12,13)/t4-,5?,6-,7+,9?,10?/m1/s1. The molecular formula is C10H15N5O4. The summed E-state index contributed by atoms with van der Waals surface area (Å²) >= 11 is 0. The Balaban J connectivity index is 1.80. The Morgan fingerprint density at radius 1 is 1.32 bits per heavy atom. The van der Waals surface area contributed by atoms with Gasteiger partial charge in [0.05, 0.1) is 12.9 Å². The molecule has 1 saturated heterocycles. The summed E-state index contributed by atoms with van der Waals surface area (Å²) in [5.41, 5.74) is 5.72. The number of fused-ring (bicyclic) bond motifs is 1. The van der Waals surface area contributed by atoms with Gasteiger partial charge in [-0.3, -0.25) is 4.99 Å². The van der Waals surface area contributed by atoms with Gasteiger partial charge in [-0.25, -0.2) is 9.98 Å². The Hall–Kier alpha value is -1.55. The fourth-order valence-corrected chi connectivity index (χ4v) is 2.43. The molecule has 19 heavy (non-hydrogen) atoms. The highest BCUT2D eigenvalue weighted by molar-refractivity contribution is 5.96. The van der Waals surface area contributed by atoms with Crippen molar-refractivity contribution in [3.63, 3.8) is 0 Å². The summed E-state index contributed by atoms with van der Waals surface area (Å²) in [7, 11) is 0. The number of hydrogen-bond donors (Lipinski definition) is 4. The van der Waals surface area contributed by atoms with Gasteiger partial charge < -0.3 is 30.7 Å². The molecule has 9 heteroatoms. The number of nitrogens with zero attached hydrogens (tertiary/aromatic N) is 4. The van der Waals surface area contributed by atoms with E-state index in [2.05, 4.69) is 15.0 Å². The molecule has 3 heterocycles. The summed E-state index contributed by atoms with van der Waals surface area (Å²) in [6, 6.07) is -0.411. The van der Waals surface area contributed by atoms with Crippen LogP contribution in [0.1, 0.15) is 0 Å². The smallest absolute Gasteiger partial charge is 0.162 e. The van der Waals surface area contributed by atoms with E-state index >= 15 is 0 Å². The van der Waals surface area contributed by atoms with Crippen LogP contribution in [0, 0.1) is 0 Å². The Morgan fingerprint density at radius 3 is 2.79 bits per heavy atom. The third-order valence-electron chi connectivity index (χ3n) is 3.49. The van der Waals surface area contributed by atoms with Crippen LogP contribution in [0.15, 0.2) is 15.0 Å². The van der Waals surface area contributed by atoms with E-state index in [1.54, 1.807) is 4.90 Å². The van der Waals surface area contributed by atoms with E-state index in [1.807, 2.05) is 0 Å². The van der Waals surface area contributed by atoms with Crippen molar-refractivity contribution in [3.8, 4) is 0 Å². The van der Waals surface area contributed by atoms with E-state index in [4.69, 9.17) is 15.6 Å². The van der Waals surface area contributed by atoms with E-state index in [0.717, 1.165) is 0 Å². The van der Waals surface area contributed by atoms with E-state index < -0.39 is 36.7 Å². The predicted octanol–water partition coefficient (Wildman–Crippen LogP) is -3.14. The highest BCUT2D eigenvalue weighted by Crippen LogP contribution is 2.29. The number of rotatable bonds is 2. The molecule has 0 aliphatic carbocycles. The lowest BCUT2D eigenvalue weighted by Crippen LogP contribution is -2.51. The second kappa shape index (κ2) is 4.53. The lowest BCUT2D eigenvalue weighted by Gasteiger charge is -2.31. The average Bonchev–Trinajstić information content (AvgIpc) is 2.94. The number of aliphatic imine (C=N–C) groups is 3. The van der Waals surface area contributed by atoms with E-state index in [1.165, 1.54) is 12.7 Å². The second-order valence-electron chi connectivity index (χ2n) is 4.62. The average molecular weight is 269 g/mol. The molecule has 3 rings (SSSR count). The van der Waals surface area contributed by atoms with Crippen LogP contribution in [0.2, 0.25) is 0 Å². The topological polar surface area (TPSA) is 136 Å². The zero-order valence-corrected chi connectivity index (χ0v) is 9.94. The third-order valence-corrected chi connectivity index (χ3v) is 3.49. The normalized spacial score (nSPS) is 44.6. The van der Waals surface area contributed by atoms with Crippen LogP contribution in [-0.2, 0) is 4.74 Å². The van der Waals surface area contributed by atoms with Gasteiger partial charge in [0.25, 0.3) is 0 Å². The minimum absolute atomic E-state index is 0.338. The van der Waals surface area contributed by atoms with Crippen LogP contribution in [-0.4, -0.2) is 82.1 Å². The molecule has 104 valence electrons. The van der Waals surface area contributed by atoms with Crippen molar-refractivity contribution in [3.05, 3.63) is 0 Å². The number of hydrogen-bond acceptors (Lipinski definition) is 9. The molecule has 0 aromatic heterocycles. The molecule has 1 fully saturated rings. The summed E-state index contributed by atoms with van der Waals surface area (Å²) < 4.78 is 5.43. The number of nitrogens with two attached hydrogens (primary N) is 1. The SMILES string of the molecule is NC1=NC=NC2C1N=CN2C1O[C@H](CO)[C@@H](O)[C@@H]1O. The van der Waals surface area contributed by atoms with Gasteiger partial charge in [-0.15, -0.1) is 0 Å². The van der Waals surface area contributed by atoms with Crippen LogP contribution >= 0.6 is 0 Å². The molecule has 0 radical (unpaired) electrons. The first-order valence-corrected chi connectivity index (χ1v) is 5.91. The maximum atomic E-state index is 9.97. The van der Waals surface area contributed by atoms with Gasteiger partial charge in [-0.05, 0) is 0 Å². The Labute approximate surface area is 108 Å². The lowest BCUT2D eigenvalue weighted by atomic mass is 10.1. The van der Waals surface area contributed by atoms with Crippen molar-refractivity contribution >= 4 is 18.5 Å². The first-order chi connectivity index (χ1) is 9.13. The quantitative estimate of drug-likeness (QED) is 0.418. The van der Waals surface area contributed by atoms with Gasteiger partial charge in [-0.2, -0.15) is 0 Å². The van der Waals surface area contributed by atoms with E-state index in [9.17, 15) is 10.2 Å². The summed E-state index contributed by atoms with van der Waals surface area (Å²) in [6.45, 7) is -0.374.